The van der Waals surface area contributed by atoms with Crippen LogP contribution in [0.3, 0.4) is 0 Å². The van der Waals surface area contributed by atoms with Gasteiger partial charge in [0, 0.05) is 32.5 Å². The summed E-state index contributed by atoms with van der Waals surface area (Å²) in [7, 11) is 5.69. The molecule has 0 amide bonds. The van der Waals surface area contributed by atoms with E-state index in [9.17, 15) is 0 Å². The van der Waals surface area contributed by atoms with Crippen LogP contribution in [0.5, 0.6) is 0 Å². The second-order valence-corrected chi connectivity index (χ2v) is 4.41. The van der Waals surface area contributed by atoms with Crippen molar-refractivity contribution in [1.29, 1.82) is 0 Å². The van der Waals surface area contributed by atoms with E-state index in [1.54, 1.807) is 7.05 Å². The van der Waals surface area contributed by atoms with E-state index in [0.29, 0.717) is 11.9 Å². The molecule has 2 rings (SSSR count). The quantitative estimate of drug-likeness (QED) is 0.895. The van der Waals surface area contributed by atoms with Crippen LogP contribution in [-0.2, 0) is 0 Å². The molecule has 0 bridgehead atoms. The predicted molar refractivity (Wildman–Crippen MR) is 78.4 cm³/mol. The lowest BCUT2D eigenvalue weighted by Crippen LogP contribution is -2.09. The molecule has 100 valence electrons. The Bertz CT molecular complexity index is 572. The van der Waals surface area contributed by atoms with Gasteiger partial charge in [-0.3, -0.25) is 0 Å². The van der Waals surface area contributed by atoms with Crippen LogP contribution in [0.1, 0.15) is 0 Å². The van der Waals surface area contributed by atoms with Crippen molar-refractivity contribution in [2.45, 2.75) is 0 Å². The Balaban J connectivity index is 2.25. The summed E-state index contributed by atoms with van der Waals surface area (Å²) >= 11 is 5.83. The normalized spacial score (nSPS) is 10.1. The number of benzene rings is 1. The molecule has 19 heavy (non-hydrogen) atoms. The number of aromatic nitrogens is 3. The van der Waals surface area contributed by atoms with Gasteiger partial charge in [-0.05, 0) is 29.8 Å². The van der Waals surface area contributed by atoms with Gasteiger partial charge in [0.05, 0.1) is 0 Å². The highest BCUT2D eigenvalue weighted by Crippen LogP contribution is 2.20. The fraction of sp³-hybridized carbons (Fsp3) is 0.250. The average molecular weight is 279 g/mol. The first-order valence-electron chi connectivity index (χ1n) is 5.72. The first-order valence-corrected chi connectivity index (χ1v) is 6.10. The van der Waals surface area contributed by atoms with Crippen molar-refractivity contribution in [3.8, 4) is 0 Å². The lowest BCUT2D eigenvalue weighted by Gasteiger charge is -2.14. The van der Waals surface area contributed by atoms with E-state index >= 15 is 0 Å². The van der Waals surface area contributed by atoms with Crippen LogP contribution >= 0.6 is 11.6 Å². The van der Waals surface area contributed by atoms with E-state index in [1.165, 1.54) is 0 Å². The zero-order chi connectivity index (χ0) is 13.8. The monoisotopic (exact) mass is 278 g/mol. The first kappa shape index (κ1) is 13.4. The molecule has 0 saturated heterocycles. The smallest absolute Gasteiger partial charge is 0.233 e. The lowest BCUT2D eigenvalue weighted by atomic mass is 10.2. The summed E-state index contributed by atoms with van der Waals surface area (Å²) < 4.78 is 0. The summed E-state index contributed by atoms with van der Waals surface area (Å²) in [5.41, 5.74) is 1.97. The molecule has 2 N–H and O–H groups in total. The molecule has 0 atom stereocenters. The van der Waals surface area contributed by atoms with Gasteiger partial charge < -0.3 is 15.5 Å². The third-order valence-corrected chi connectivity index (χ3v) is 2.62. The fourth-order valence-corrected chi connectivity index (χ4v) is 1.67. The van der Waals surface area contributed by atoms with Crippen molar-refractivity contribution in [2.24, 2.45) is 0 Å². The fourth-order valence-electron chi connectivity index (χ4n) is 1.51. The van der Waals surface area contributed by atoms with E-state index in [1.807, 2.05) is 43.3 Å². The second-order valence-electron chi connectivity index (χ2n) is 4.07. The van der Waals surface area contributed by atoms with Gasteiger partial charge in [0.2, 0.25) is 17.2 Å². The maximum absolute atomic E-state index is 5.83. The van der Waals surface area contributed by atoms with Gasteiger partial charge >= 0.3 is 0 Å². The highest BCUT2D eigenvalue weighted by Gasteiger charge is 2.05. The van der Waals surface area contributed by atoms with Crippen LogP contribution < -0.4 is 15.5 Å². The summed E-state index contributed by atoms with van der Waals surface area (Å²) in [6.07, 6.45) is 0. The summed E-state index contributed by atoms with van der Waals surface area (Å²) in [4.78, 5) is 14.2. The van der Waals surface area contributed by atoms with Crippen LogP contribution in [0, 0.1) is 0 Å². The van der Waals surface area contributed by atoms with Crippen molar-refractivity contribution in [2.75, 3.05) is 36.7 Å². The molecule has 1 heterocycles. The Labute approximate surface area is 116 Å². The second kappa shape index (κ2) is 5.71. The molecule has 1 aromatic carbocycles. The Kier molecular flexibility index (Phi) is 4.01. The van der Waals surface area contributed by atoms with Crippen molar-refractivity contribution >= 4 is 34.9 Å². The Hall–Kier alpha value is -2.08. The molecule has 2 aromatic rings. The molecule has 0 aliphatic carbocycles. The van der Waals surface area contributed by atoms with Crippen molar-refractivity contribution in [1.82, 2.24) is 15.0 Å². The van der Waals surface area contributed by atoms with E-state index < -0.39 is 0 Å². The SMILES string of the molecule is CNc1nc(Cl)nc(Nc2cccc(N(C)C)c2)n1. The van der Waals surface area contributed by atoms with Crippen LogP contribution in [-0.4, -0.2) is 36.1 Å². The highest BCUT2D eigenvalue weighted by atomic mass is 35.5. The Morgan fingerprint density at radius 2 is 1.84 bits per heavy atom. The zero-order valence-corrected chi connectivity index (χ0v) is 11.7. The number of anilines is 4. The van der Waals surface area contributed by atoms with Crippen LogP contribution in [0.4, 0.5) is 23.3 Å². The summed E-state index contributed by atoms with van der Waals surface area (Å²) in [5.74, 6) is 0.825. The summed E-state index contributed by atoms with van der Waals surface area (Å²) in [6.45, 7) is 0. The maximum Gasteiger partial charge on any atom is 0.233 e. The third kappa shape index (κ3) is 3.45. The van der Waals surface area contributed by atoms with Gasteiger partial charge in [0.25, 0.3) is 0 Å². The molecule has 0 saturated carbocycles. The van der Waals surface area contributed by atoms with Crippen LogP contribution in [0.15, 0.2) is 24.3 Å². The molecule has 0 fully saturated rings. The number of hydrogen-bond acceptors (Lipinski definition) is 6. The third-order valence-electron chi connectivity index (χ3n) is 2.45. The molecule has 0 radical (unpaired) electrons. The molecule has 1 aromatic heterocycles. The highest BCUT2D eigenvalue weighted by molar-refractivity contribution is 6.28. The van der Waals surface area contributed by atoms with Crippen molar-refractivity contribution < 1.29 is 0 Å². The topological polar surface area (TPSA) is 66.0 Å². The molecule has 0 aliphatic heterocycles. The standard InChI is InChI=1S/C12H15ClN6/c1-14-11-16-10(13)17-12(18-11)15-8-5-4-6-9(7-8)19(2)3/h4-7H,1-3H3,(H2,14,15,16,17,18). The zero-order valence-electron chi connectivity index (χ0n) is 11.0. The Morgan fingerprint density at radius 1 is 1.11 bits per heavy atom. The minimum Gasteiger partial charge on any atom is -0.378 e. The van der Waals surface area contributed by atoms with Gasteiger partial charge in [-0.2, -0.15) is 15.0 Å². The molecule has 0 aliphatic rings. The van der Waals surface area contributed by atoms with Crippen LogP contribution in [0.2, 0.25) is 5.28 Å². The van der Waals surface area contributed by atoms with E-state index in [0.717, 1.165) is 11.4 Å². The van der Waals surface area contributed by atoms with Gasteiger partial charge in [-0.25, -0.2) is 0 Å². The first-order chi connectivity index (χ1) is 9.08. The van der Waals surface area contributed by atoms with Crippen molar-refractivity contribution in [3.05, 3.63) is 29.5 Å². The molecular weight excluding hydrogens is 264 g/mol. The van der Waals surface area contributed by atoms with Gasteiger partial charge in [-0.1, -0.05) is 6.07 Å². The van der Waals surface area contributed by atoms with Crippen LogP contribution in [0.25, 0.3) is 0 Å². The molecule has 0 spiro atoms. The molecular formula is C12H15ClN6. The average Bonchev–Trinajstić information content (AvgIpc) is 2.38. The largest absolute Gasteiger partial charge is 0.378 e. The predicted octanol–water partition coefficient (Wildman–Crippen LogP) is 2.38. The van der Waals surface area contributed by atoms with E-state index in [4.69, 9.17) is 11.6 Å². The Morgan fingerprint density at radius 3 is 2.53 bits per heavy atom. The minimum atomic E-state index is 0.144. The maximum atomic E-state index is 5.83. The minimum absolute atomic E-state index is 0.144. The molecule has 6 nitrogen and oxygen atoms in total. The van der Waals surface area contributed by atoms with Crippen molar-refractivity contribution in [3.63, 3.8) is 0 Å². The number of hydrogen-bond donors (Lipinski definition) is 2. The van der Waals surface area contributed by atoms with E-state index in [2.05, 4.69) is 25.6 Å². The van der Waals surface area contributed by atoms with Gasteiger partial charge in [0.1, 0.15) is 0 Å². The number of halogens is 1. The van der Waals surface area contributed by atoms with Gasteiger partial charge in [-0.15, -0.1) is 0 Å². The molecule has 0 unspecified atom stereocenters. The number of nitrogens with one attached hydrogen (secondary N) is 2. The summed E-state index contributed by atoms with van der Waals surface area (Å²) in [5, 5.41) is 6.07. The van der Waals surface area contributed by atoms with E-state index in [-0.39, 0.29) is 5.28 Å². The lowest BCUT2D eigenvalue weighted by molar-refractivity contribution is 1.05. The summed E-state index contributed by atoms with van der Waals surface area (Å²) in [6, 6.07) is 7.91. The number of nitrogens with zero attached hydrogens (tertiary/aromatic N) is 4. The number of rotatable bonds is 4. The molecule has 7 heteroatoms. The van der Waals surface area contributed by atoms with Gasteiger partial charge in [0.15, 0.2) is 0 Å².